The standard InChI is InChI=1S/C16H25NO/c1-4-10-18-15-9-7-6-8-13(15)16(17-5-2)14-11-12(14)3/h6-9,12,14,16-17H,4-5,10-11H2,1-3H3. The Kier molecular flexibility index (Phi) is 4.65. The Morgan fingerprint density at radius 1 is 1.33 bits per heavy atom. The second kappa shape index (κ2) is 6.24. The number of benzene rings is 1. The Morgan fingerprint density at radius 2 is 2.06 bits per heavy atom. The number of para-hydroxylation sites is 1. The first-order chi connectivity index (χ1) is 8.77. The monoisotopic (exact) mass is 247 g/mol. The molecule has 1 fully saturated rings. The maximum atomic E-state index is 5.89. The van der Waals surface area contributed by atoms with Crippen LogP contribution in [0.4, 0.5) is 0 Å². The topological polar surface area (TPSA) is 21.3 Å². The predicted octanol–water partition coefficient (Wildman–Crippen LogP) is 3.78. The molecule has 1 aromatic carbocycles. The fourth-order valence-electron chi connectivity index (χ4n) is 2.61. The summed E-state index contributed by atoms with van der Waals surface area (Å²) in [4.78, 5) is 0. The van der Waals surface area contributed by atoms with Crippen molar-refractivity contribution in [2.75, 3.05) is 13.2 Å². The minimum Gasteiger partial charge on any atom is -0.493 e. The van der Waals surface area contributed by atoms with E-state index in [2.05, 4.69) is 50.4 Å². The average Bonchev–Trinajstić information content (AvgIpc) is 3.11. The molecule has 1 aliphatic rings. The van der Waals surface area contributed by atoms with Gasteiger partial charge in [0, 0.05) is 11.6 Å². The highest BCUT2D eigenvalue weighted by Crippen LogP contribution is 2.48. The highest BCUT2D eigenvalue weighted by molar-refractivity contribution is 5.37. The third-order valence-corrected chi connectivity index (χ3v) is 3.74. The molecule has 0 saturated heterocycles. The lowest BCUT2D eigenvalue weighted by molar-refractivity contribution is 0.307. The second-order valence-corrected chi connectivity index (χ2v) is 5.30. The van der Waals surface area contributed by atoms with Gasteiger partial charge in [-0.3, -0.25) is 0 Å². The Balaban J connectivity index is 2.17. The van der Waals surface area contributed by atoms with Gasteiger partial charge in [0.1, 0.15) is 5.75 Å². The van der Waals surface area contributed by atoms with Crippen LogP contribution >= 0.6 is 0 Å². The zero-order valence-electron chi connectivity index (χ0n) is 11.8. The molecule has 2 rings (SSSR count). The first-order valence-corrected chi connectivity index (χ1v) is 7.23. The van der Waals surface area contributed by atoms with E-state index in [4.69, 9.17) is 4.74 Å². The minimum absolute atomic E-state index is 0.457. The largest absolute Gasteiger partial charge is 0.493 e. The van der Waals surface area contributed by atoms with Crippen LogP contribution in [0.15, 0.2) is 24.3 Å². The Morgan fingerprint density at radius 3 is 2.67 bits per heavy atom. The fraction of sp³-hybridized carbons (Fsp3) is 0.625. The van der Waals surface area contributed by atoms with Crippen molar-refractivity contribution in [3.05, 3.63) is 29.8 Å². The van der Waals surface area contributed by atoms with Crippen LogP contribution in [0.2, 0.25) is 0 Å². The van der Waals surface area contributed by atoms with Gasteiger partial charge in [-0.1, -0.05) is 39.0 Å². The average molecular weight is 247 g/mol. The molecular weight excluding hydrogens is 222 g/mol. The highest BCUT2D eigenvalue weighted by Gasteiger charge is 2.40. The maximum absolute atomic E-state index is 5.89. The maximum Gasteiger partial charge on any atom is 0.124 e. The van der Waals surface area contributed by atoms with Gasteiger partial charge in [0.25, 0.3) is 0 Å². The van der Waals surface area contributed by atoms with Crippen LogP contribution in [0, 0.1) is 11.8 Å². The van der Waals surface area contributed by atoms with Gasteiger partial charge in [-0.25, -0.2) is 0 Å². The van der Waals surface area contributed by atoms with E-state index in [0.717, 1.165) is 37.2 Å². The smallest absolute Gasteiger partial charge is 0.124 e. The molecule has 2 nitrogen and oxygen atoms in total. The fourth-order valence-corrected chi connectivity index (χ4v) is 2.61. The zero-order chi connectivity index (χ0) is 13.0. The highest BCUT2D eigenvalue weighted by atomic mass is 16.5. The summed E-state index contributed by atoms with van der Waals surface area (Å²) in [5, 5.41) is 3.63. The van der Waals surface area contributed by atoms with Crippen molar-refractivity contribution >= 4 is 0 Å². The van der Waals surface area contributed by atoms with Crippen molar-refractivity contribution in [2.24, 2.45) is 11.8 Å². The van der Waals surface area contributed by atoms with E-state index < -0.39 is 0 Å². The number of ether oxygens (including phenoxy) is 1. The summed E-state index contributed by atoms with van der Waals surface area (Å²) in [6.45, 7) is 8.47. The van der Waals surface area contributed by atoms with Gasteiger partial charge in [-0.05, 0) is 37.3 Å². The zero-order valence-corrected chi connectivity index (χ0v) is 11.8. The molecule has 1 N–H and O–H groups in total. The van der Waals surface area contributed by atoms with Crippen molar-refractivity contribution in [1.29, 1.82) is 0 Å². The second-order valence-electron chi connectivity index (χ2n) is 5.30. The molecule has 0 bridgehead atoms. The number of hydrogen-bond acceptors (Lipinski definition) is 2. The van der Waals surface area contributed by atoms with Gasteiger partial charge in [-0.15, -0.1) is 0 Å². The molecule has 18 heavy (non-hydrogen) atoms. The molecule has 0 radical (unpaired) electrons. The summed E-state index contributed by atoms with van der Waals surface area (Å²) in [6.07, 6.45) is 2.39. The van der Waals surface area contributed by atoms with E-state index in [9.17, 15) is 0 Å². The first-order valence-electron chi connectivity index (χ1n) is 7.23. The van der Waals surface area contributed by atoms with Gasteiger partial charge in [0.15, 0.2) is 0 Å². The van der Waals surface area contributed by atoms with Crippen LogP contribution in [0.1, 0.15) is 45.2 Å². The lowest BCUT2D eigenvalue weighted by Crippen LogP contribution is -2.24. The van der Waals surface area contributed by atoms with E-state index in [-0.39, 0.29) is 0 Å². The molecule has 0 amide bonds. The molecule has 1 saturated carbocycles. The summed E-state index contributed by atoms with van der Waals surface area (Å²) in [7, 11) is 0. The SMILES string of the molecule is CCCOc1ccccc1C(NCC)C1CC1C. The normalized spacial score (nSPS) is 23.7. The van der Waals surface area contributed by atoms with E-state index in [1.165, 1.54) is 12.0 Å². The molecule has 1 aliphatic carbocycles. The summed E-state index contributed by atoms with van der Waals surface area (Å²) in [5.41, 5.74) is 1.34. The summed E-state index contributed by atoms with van der Waals surface area (Å²) in [6, 6.07) is 8.95. The molecular formula is C16H25NO. The van der Waals surface area contributed by atoms with Crippen LogP contribution in [-0.4, -0.2) is 13.2 Å². The van der Waals surface area contributed by atoms with Crippen molar-refractivity contribution in [3.8, 4) is 5.75 Å². The van der Waals surface area contributed by atoms with Crippen molar-refractivity contribution in [2.45, 2.75) is 39.7 Å². The lowest BCUT2D eigenvalue weighted by atomic mass is 10.00. The van der Waals surface area contributed by atoms with Gasteiger partial charge in [0.05, 0.1) is 6.61 Å². The van der Waals surface area contributed by atoms with Gasteiger partial charge in [-0.2, -0.15) is 0 Å². The van der Waals surface area contributed by atoms with Crippen molar-refractivity contribution in [3.63, 3.8) is 0 Å². The summed E-state index contributed by atoms with van der Waals surface area (Å²) >= 11 is 0. The van der Waals surface area contributed by atoms with Crippen LogP contribution in [0.25, 0.3) is 0 Å². The molecule has 0 aromatic heterocycles. The summed E-state index contributed by atoms with van der Waals surface area (Å²) < 4.78 is 5.89. The Labute approximate surface area is 111 Å². The molecule has 0 heterocycles. The Bertz CT molecular complexity index is 377. The van der Waals surface area contributed by atoms with Crippen LogP contribution in [-0.2, 0) is 0 Å². The Hall–Kier alpha value is -1.02. The van der Waals surface area contributed by atoms with E-state index >= 15 is 0 Å². The van der Waals surface area contributed by atoms with Crippen molar-refractivity contribution < 1.29 is 4.74 Å². The van der Waals surface area contributed by atoms with Gasteiger partial charge < -0.3 is 10.1 Å². The third kappa shape index (κ3) is 3.05. The van der Waals surface area contributed by atoms with E-state index in [1.54, 1.807) is 0 Å². The van der Waals surface area contributed by atoms with E-state index in [1.807, 2.05) is 0 Å². The minimum atomic E-state index is 0.457. The molecule has 0 spiro atoms. The van der Waals surface area contributed by atoms with Gasteiger partial charge >= 0.3 is 0 Å². The number of rotatable bonds is 7. The number of hydrogen-bond donors (Lipinski definition) is 1. The molecule has 0 aliphatic heterocycles. The van der Waals surface area contributed by atoms with Crippen molar-refractivity contribution in [1.82, 2.24) is 5.32 Å². The molecule has 1 aromatic rings. The number of nitrogens with one attached hydrogen (secondary N) is 1. The molecule has 3 unspecified atom stereocenters. The van der Waals surface area contributed by atoms with Crippen LogP contribution in [0.3, 0.4) is 0 Å². The predicted molar refractivity (Wildman–Crippen MR) is 75.9 cm³/mol. The van der Waals surface area contributed by atoms with E-state index in [0.29, 0.717) is 6.04 Å². The summed E-state index contributed by atoms with van der Waals surface area (Å²) in [5.74, 6) is 2.68. The first kappa shape index (κ1) is 13.4. The lowest BCUT2D eigenvalue weighted by Gasteiger charge is -2.21. The van der Waals surface area contributed by atoms with Crippen LogP contribution < -0.4 is 10.1 Å². The molecule has 100 valence electrons. The third-order valence-electron chi connectivity index (χ3n) is 3.74. The van der Waals surface area contributed by atoms with Crippen LogP contribution in [0.5, 0.6) is 5.75 Å². The molecule has 3 atom stereocenters. The van der Waals surface area contributed by atoms with Gasteiger partial charge in [0.2, 0.25) is 0 Å². The molecule has 2 heteroatoms. The quantitative estimate of drug-likeness (QED) is 0.791.